The molecular weight excluding hydrogens is 460 g/mol. The Bertz CT molecular complexity index is 1100. The standard InChI is InChI=1S/C26H24N6O4/c1-31(10-4-8-23(13-27)14-28)17-25(33)35-19-21-6-3-7-22(12-21)20-36-26(34)18-32(2)11-5-9-24(15-29)16-30/h3-12H,17-20H2,1-2H3/b10-4+,11-5+. The maximum atomic E-state index is 12.1. The van der Waals surface area contributed by atoms with Crippen LogP contribution in [0.25, 0.3) is 0 Å². The number of carbonyl (C=O) groups is 2. The summed E-state index contributed by atoms with van der Waals surface area (Å²) in [6.45, 7) is 0.0311. The van der Waals surface area contributed by atoms with Gasteiger partial charge in [0.25, 0.3) is 0 Å². The number of nitriles is 4. The molecule has 0 radical (unpaired) electrons. The lowest BCUT2D eigenvalue weighted by molar-refractivity contribution is -0.146. The zero-order valence-electron chi connectivity index (χ0n) is 19.9. The number of allylic oxidation sites excluding steroid dienone is 6. The second-order valence-electron chi connectivity index (χ2n) is 7.26. The first kappa shape index (κ1) is 28.7. The average Bonchev–Trinajstić information content (AvgIpc) is 2.87. The van der Waals surface area contributed by atoms with E-state index in [0.29, 0.717) is 0 Å². The van der Waals surface area contributed by atoms with Crippen LogP contribution in [0.5, 0.6) is 0 Å². The molecule has 10 heteroatoms. The molecule has 0 amide bonds. The highest BCUT2D eigenvalue weighted by Gasteiger charge is 2.08. The van der Waals surface area contributed by atoms with Gasteiger partial charge in [-0.3, -0.25) is 9.59 Å². The summed E-state index contributed by atoms with van der Waals surface area (Å²) in [6.07, 6.45) is 8.76. The molecule has 0 bridgehead atoms. The highest BCUT2D eigenvalue weighted by molar-refractivity contribution is 5.72. The summed E-state index contributed by atoms with van der Waals surface area (Å²) in [5.41, 5.74) is 1.36. The Labute approximate surface area is 210 Å². The fourth-order valence-electron chi connectivity index (χ4n) is 2.51. The normalized spacial score (nSPS) is 9.72. The van der Waals surface area contributed by atoms with E-state index in [-0.39, 0.29) is 37.4 Å². The van der Waals surface area contributed by atoms with Crippen LogP contribution < -0.4 is 0 Å². The van der Waals surface area contributed by atoms with Crippen LogP contribution in [0.1, 0.15) is 11.1 Å². The smallest absolute Gasteiger partial charge is 0.325 e. The zero-order valence-corrected chi connectivity index (χ0v) is 19.9. The molecule has 0 heterocycles. The van der Waals surface area contributed by atoms with E-state index in [0.717, 1.165) is 11.1 Å². The predicted octanol–water partition coefficient (Wildman–Crippen LogP) is 2.61. The van der Waals surface area contributed by atoms with Crippen molar-refractivity contribution in [2.45, 2.75) is 13.2 Å². The highest BCUT2D eigenvalue weighted by Crippen LogP contribution is 2.09. The molecule has 0 aliphatic carbocycles. The second-order valence-corrected chi connectivity index (χ2v) is 7.26. The van der Waals surface area contributed by atoms with Gasteiger partial charge in [0, 0.05) is 14.1 Å². The molecule has 10 nitrogen and oxygen atoms in total. The lowest BCUT2D eigenvalue weighted by Crippen LogP contribution is -2.23. The van der Waals surface area contributed by atoms with E-state index in [1.165, 1.54) is 24.3 Å². The predicted molar refractivity (Wildman–Crippen MR) is 128 cm³/mol. The quantitative estimate of drug-likeness (QED) is 0.246. The first-order valence-corrected chi connectivity index (χ1v) is 10.5. The van der Waals surface area contributed by atoms with E-state index in [1.54, 1.807) is 84.8 Å². The third-order valence-electron chi connectivity index (χ3n) is 4.24. The van der Waals surface area contributed by atoms with Crippen molar-refractivity contribution in [1.29, 1.82) is 21.0 Å². The Morgan fingerprint density at radius 2 is 1.17 bits per heavy atom. The maximum absolute atomic E-state index is 12.1. The van der Waals surface area contributed by atoms with Gasteiger partial charge in [-0.2, -0.15) is 21.0 Å². The number of carbonyl (C=O) groups excluding carboxylic acids is 2. The molecule has 182 valence electrons. The zero-order chi connectivity index (χ0) is 26.8. The van der Waals surface area contributed by atoms with Crippen molar-refractivity contribution in [3.8, 4) is 24.3 Å². The third-order valence-corrected chi connectivity index (χ3v) is 4.24. The second kappa shape index (κ2) is 16.3. The highest BCUT2D eigenvalue weighted by atomic mass is 16.5. The van der Waals surface area contributed by atoms with Crippen molar-refractivity contribution in [2.75, 3.05) is 27.2 Å². The summed E-state index contributed by atoms with van der Waals surface area (Å²) >= 11 is 0. The largest absolute Gasteiger partial charge is 0.459 e. The van der Waals surface area contributed by atoms with Gasteiger partial charge in [0.15, 0.2) is 0 Å². The van der Waals surface area contributed by atoms with Crippen LogP contribution in [0.3, 0.4) is 0 Å². The summed E-state index contributed by atoms with van der Waals surface area (Å²) < 4.78 is 10.5. The summed E-state index contributed by atoms with van der Waals surface area (Å²) in [4.78, 5) is 27.2. The van der Waals surface area contributed by atoms with Gasteiger partial charge in [0.1, 0.15) is 61.7 Å². The molecule has 0 saturated carbocycles. The van der Waals surface area contributed by atoms with Crippen LogP contribution in [-0.4, -0.2) is 48.9 Å². The molecule has 36 heavy (non-hydrogen) atoms. The molecule has 0 N–H and O–H groups in total. The summed E-state index contributed by atoms with van der Waals surface area (Å²) in [7, 11) is 3.30. The molecule has 1 aromatic rings. The fourth-order valence-corrected chi connectivity index (χ4v) is 2.51. The van der Waals surface area contributed by atoms with Crippen LogP contribution in [0, 0.1) is 45.3 Å². The van der Waals surface area contributed by atoms with Gasteiger partial charge in [-0.25, -0.2) is 0 Å². The van der Waals surface area contributed by atoms with Crippen molar-refractivity contribution in [3.05, 3.63) is 83.2 Å². The molecule has 0 spiro atoms. The van der Waals surface area contributed by atoms with Crippen molar-refractivity contribution in [3.63, 3.8) is 0 Å². The molecule has 1 rings (SSSR count). The van der Waals surface area contributed by atoms with Crippen molar-refractivity contribution in [1.82, 2.24) is 9.80 Å². The summed E-state index contributed by atoms with van der Waals surface area (Å²) in [6, 6.07) is 14.0. The number of ether oxygens (including phenoxy) is 2. The number of benzene rings is 1. The Balaban J connectivity index is 2.49. The van der Waals surface area contributed by atoms with Crippen LogP contribution in [0.4, 0.5) is 0 Å². The monoisotopic (exact) mass is 484 g/mol. The van der Waals surface area contributed by atoms with E-state index in [9.17, 15) is 9.59 Å². The van der Waals surface area contributed by atoms with Gasteiger partial charge in [-0.05, 0) is 53.9 Å². The van der Waals surface area contributed by atoms with Crippen molar-refractivity contribution < 1.29 is 19.1 Å². The third kappa shape index (κ3) is 12.1. The molecule has 0 aliphatic rings. The van der Waals surface area contributed by atoms with Crippen LogP contribution in [0.2, 0.25) is 0 Å². The van der Waals surface area contributed by atoms with E-state index >= 15 is 0 Å². The number of likely N-dealkylation sites (N-methyl/N-ethyl adjacent to an activating group) is 2. The number of hydrogen-bond donors (Lipinski definition) is 0. The van der Waals surface area contributed by atoms with Crippen LogP contribution in [0.15, 0.2) is 72.1 Å². The maximum Gasteiger partial charge on any atom is 0.325 e. The fraction of sp³-hybridized carbons (Fsp3) is 0.231. The Hall–Kier alpha value is -5.32. The lowest BCUT2D eigenvalue weighted by atomic mass is 10.1. The molecule has 0 atom stereocenters. The van der Waals surface area contributed by atoms with Gasteiger partial charge < -0.3 is 19.3 Å². The van der Waals surface area contributed by atoms with Gasteiger partial charge in [0.05, 0.1) is 0 Å². The first-order chi connectivity index (χ1) is 17.3. The van der Waals surface area contributed by atoms with Crippen LogP contribution in [-0.2, 0) is 32.3 Å². The Kier molecular flexibility index (Phi) is 13.0. The summed E-state index contributed by atoms with van der Waals surface area (Å²) in [5.74, 6) is -0.933. The number of hydrogen-bond acceptors (Lipinski definition) is 10. The molecule has 0 aliphatic heterocycles. The minimum absolute atomic E-state index is 0.0256. The van der Waals surface area contributed by atoms with Crippen LogP contribution >= 0.6 is 0 Å². The molecule has 0 unspecified atom stereocenters. The van der Waals surface area contributed by atoms with E-state index < -0.39 is 11.9 Å². The van der Waals surface area contributed by atoms with Gasteiger partial charge in [0.2, 0.25) is 0 Å². The molecule has 0 aromatic heterocycles. The molecule has 0 saturated heterocycles. The summed E-state index contributed by atoms with van der Waals surface area (Å²) in [5, 5.41) is 34.7. The Morgan fingerprint density at radius 1 is 0.778 bits per heavy atom. The molecular formula is C26H24N6O4. The average molecular weight is 485 g/mol. The number of nitrogens with zero attached hydrogens (tertiary/aromatic N) is 6. The Morgan fingerprint density at radius 3 is 1.53 bits per heavy atom. The first-order valence-electron chi connectivity index (χ1n) is 10.5. The van der Waals surface area contributed by atoms with Gasteiger partial charge in [-0.1, -0.05) is 18.2 Å². The van der Waals surface area contributed by atoms with Crippen molar-refractivity contribution in [2.24, 2.45) is 0 Å². The molecule has 0 fully saturated rings. The van der Waals surface area contributed by atoms with Crippen molar-refractivity contribution >= 4 is 11.9 Å². The van der Waals surface area contributed by atoms with Gasteiger partial charge >= 0.3 is 11.9 Å². The number of esters is 2. The minimum atomic E-state index is -0.466. The lowest BCUT2D eigenvalue weighted by Gasteiger charge is -2.14. The SMILES string of the molecule is CN(/C=C/C=C(C#N)C#N)CC(=O)OCc1cccc(COC(=O)CN(C)/C=C/C=C(C#N)C#N)c1. The minimum Gasteiger partial charge on any atom is -0.459 e. The van der Waals surface area contributed by atoms with E-state index in [4.69, 9.17) is 30.5 Å². The topological polar surface area (TPSA) is 154 Å². The number of rotatable bonds is 12. The van der Waals surface area contributed by atoms with Gasteiger partial charge in [-0.15, -0.1) is 0 Å². The van der Waals surface area contributed by atoms with E-state index in [2.05, 4.69) is 0 Å². The molecule has 1 aromatic carbocycles. The van der Waals surface area contributed by atoms with E-state index in [1.807, 2.05) is 0 Å².